The van der Waals surface area contributed by atoms with Gasteiger partial charge < -0.3 is 19.7 Å². The van der Waals surface area contributed by atoms with Crippen molar-refractivity contribution in [1.29, 1.82) is 0 Å². The van der Waals surface area contributed by atoms with Crippen molar-refractivity contribution in [3.8, 4) is 0 Å². The monoisotopic (exact) mass is 262 g/mol. The van der Waals surface area contributed by atoms with Crippen LogP contribution >= 0.6 is 0 Å². The molecule has 0 aliphatic carbocycles. The molecule has 18 heavy (non-hydrogen) atoms. The van der Waals surface area contributed by atoms with E-state index in [2.05, 4.69) is 4.74 Å². The van der Waals surface area contributed by atoms with Gasteiger partial charge in [0, 0.05) is 13.0 Å². The Morgan fingerprint density at radius 1 is 1.11 bits per heavy atom. The summed E-state index contributed by atoms with van der Waals surface area (Å²) in [5.41, 5.74) is 0. The Labute approximate surface area is 107 Å². The summed E-state index contributed by atoms with van der Waals surface area (Å²) in [5.74, 6) is -2.60. The van der Waals surface area contributed by atoms with E-state index >= 15 is 0 Å². The summed E-state index contributed by atoms with van der Waals surface area (Å²) < 4.78 is 9.68. The molecule has 0 amide bonds. The van der Waals surface area contributed by atoms with Crippen molar-refractivity contribution in [2.24, 2.45) is 5.92 Å². The van der Waals surface area contributed by atoms with Crippen molar-refractivity contribution in [1.82, 2.24) is 0 Å². The van der Waals surface area contributed by atoms with E-state index in [1.54, 1.807) is 0 Å². The van der Waals surface area contributed by atoms with Gasteiger partial charge in [0.2, 0.25) is 6.29 Å². The van der Waals surface area contributed by atoms with Gasteiger partial charge in [-0.15, -0.1) is 0 Å². The lowest BCUT2D eigenvalue weighted by Crippen LogP contribution is -2.31. The number of carbonyl (C=O) groups is 2. The van der Waals surface area contributed by atoms with Crippen LogP contribution < -0.4 is 0 Å². The van der Waals surface area contributed by atoms with Crippen molar-refractivity contribution >= 4 is 11.9 Å². The van der Waals surface area contributed by atoms with Crippen LogP contribution in [0.2, 0.25) is 0 Å². The van der Waals surface area contributed by atoms with E-state index in [1.807, 2.05) is 13.8 Å². The highest BCUT2D eigenvalue weighted by Gasteiger charge is 2.27. The zero-order valence-electron chi connectivity index (χ0n) is 11.1. The first-order chi connectivity index (χ1) is 8.46. The number of ether oxygens (including phenoxy) is 2. The number of aliphatic hydroxyl groups excluding tert-OH is 2. The van der Waals surface area contributed by atoms with Crippen LogP contribution in [0.15, 0.2) is 0 Å². The second-order valence-electron chi connectivity index (χ2n) is 4.00. The number of esters is 2. The maximum atomic E-state index is 11.6. The molecule has 6 heteroatoms. The van der Waals surface area contributed by atoms with E-state index < -0.39 is 24.1 Å². The molecule has 0 radical (unpaired) electrons. The molecule has 6 nitrogen and oxygen atoms in total. The van der Waals surface area contributed by atoms with E-state index in [0.29, 0.717) is 12.8 Å². The van der Waals surface area contributed by atoms with Gasteiger partial charge in [0.05, 0.1) is 0 Å². The maximum Gasteiger partial charge on any atom is 0.322 e. The Morgan fingerprint density at radius 2 is 1.61 bits per heavy atom. The Morgan fingerprint density at radius 3 is 2.06 bits per heavy atom. The summed E-state index contributed by atoms with van der Waals surface area (Å²) in [6.07, 6.45) is -0.338. The fourth-order valence-corrected chi connectivity index (χ4v) is 1.22. The van der Waals surface area contributed by atoms with E-state index in [-0.39, 0.29) is 19.1 Å². The minimum atomic E-state index is -1.40. The summed E-state index contributed by atoms with van der Waals surface area (Å²) in [7, 11) is 0. The molecule has 0 aliphatic heterocycles. The number of carbonyl (C=O) groups excluding carboxylic acids is 2. The van der Waals surface area contributed by atoms with Gasteiger partial charge in [-0.3, -0.25) is 9.59 Å². The lowest BCUT2D eigenvalue weighted by Gasteiger charge is -2.18. The van der Waals surface area contributed by atoms with Gasteiger partial charge in [0.1, 0.15) is 6.10 Å². The van der Waals surface area contributed by atoms with Gasteiger partial charge >= 0.3 is 11.9 Å². The molecule has 2 unspecified atom stereocenters. The Bertz CT molecular complexity index is 261. The van der Waals surface area contributed by atoms with Crippen molar-refractivity contribution in [3.63, 3.8) is 0 Å². The topological polar surface area (TPSA) is 93.1 Å². The van der Waals surface area contributed by atoms with E-state index in [1.165, 1.54) is 6.92 Å². The zero-order chi connectivity index (χ0) is 14.1. The predicted molar refractivity (Wildman–Crippen MR) is 63.4 cm³/mol. The fraction of sp³-hybridized carbons (Fsp3) is 0.833. The first-order valence-corrected chi connectivity index (χ1v) is 6.16. The van der Waals surface area contributed by atoms with Crippen LogP contribution in [0.4, 0.5) is 0 Å². The van der Waals surface area contributed by atoms with Crippen LogP contribution in [-0.4, -0.2) is 41.2 Å². The highest BCUT2D eigenvalue weighted by Crippen LogP contribution is 2.10. The normalized spacial score (nSPS) is 14.1. The maximum absolute atomic E-state index is 11.6. The third-order valence-corrected chi connectivity index (χ3v) is 2.53. The number of rotatable bonds is 8. The molecule has 0 rings (SSSR count). The molecule has 0 aromatic rings. The lowest BCUT2D eigenvalue weighted by atomic mass is 10.1. The Balaban J connectivity index is 4.23. The smallest absolute Gasteiger partial charge is 0.322 e. The van der Waals surface area contributed by atoms with Crippen molar-refractivity contribution in [3.05, 3.63) is 0 Å². The summed E-state index contributed by atoms with van der Waals surface area (Å²) in [5, 5.41) is 17.7. The SMILES string of the molecule is CCC(CC)OC(=O)C(C)C(=O)OC(O)CCO. The summed E-state index contributed by atoms with van der Waals surface area (Å²) in [4.78, 5) is 23.1. The van der Waals surface area contributed by atoms with Crippen LogP contribution in [0.5, 0.6) is 0 Å². The lowest BCUT2D eigenvalue weighted by molar-refractivity contribution is -0.180. The minimum Gasteiger partial charge on any atom is -0.462 e. The van der Waals surface area contributed by atoms with Crippen molar-refractivity contribution < 1.29 is 29.3 Å². The molecule has 2 atom stereocenters. The quantitative estimate of drug-likeness (QED) is 0.378. The van der Waals surface area contributed by atoms with Gasteiger partial charge in [-0.1, -0.05) is 13.8 Å². The second kappa shape index (κ2) is 8.88. The molecule has 0 fully saturated rings. The Kier molecular flexibility index (Phi) is 8.32. The first-order valence-electron chi connectivity index (χ1n) is 6.16. The van der Waals surface area contributed by atoms with Gasteiger partial charge in [0.25, 0.3) is 0 Å². The number of aliphatic hydroxyl groups is 2. The summed E-state index contributed by atoms with van der Waals surface area (Å²) >= 11 is 0. The molecule has 106 valence electrons. The molecule has 2 N–H and O–H groups in total. The minimum absolute atomic E-state index is 0.0833. The van der Waals surface area contributed by atoms with Gasteiger partial charge in [-0.05, 0) is 19.8 Å². The standard InChI is InChI=1S/C12H22O6/c1-4-9(5-2)17-11(15)8(3)12(16)18-10(14)6-7-13/h8-10,13-14H,4-7H2,1-3H3. The van der Waals surface area contributed by atoms with E-state index in [4.69, 9.17) is 14.9 Å². The zero-order valence-corrected chi connectivity index (χ0v) is 11.1. The van der Waals surface area contributed by atoms with E-state index in [9.17, 15) is 9.59 Å². The highest BCUT2D eigenvalue weighted by atomic mass is 16.6. The van der Waals surface area contributed by atoms with Gasteiger partial charge in [-0.2, -0.15) is 0 Å². The molecular formula is C12H22O6. The van der Waals surface area contributed by atoms with Crippen LogP contribution in [0, 0.1) is 5.92 Å². The van der Waals surface area contributed by atoms with Crippen LogP contribution in [0.3, 0.4) is 0 Å². The van der Waals surface area contributed by atoms with Crippen LogP contribution in [0.1, 0.15) is 40.0 Å². The predicted octanol–water partition coefficient (Wildman–Crippen LogP) is 0.598. The van der Waals surface area contributed by atoms with Crippen molar-refractivity contribution in [2.75, 3.05) is 6.61 Å². The molecular weight excluding hydrogens is 240 g/mol. The highest BCUT2D eigenvalue weighted by molar-refractivity contribution is 5.94. The second-order valence-corrected chi connectivity index (χ2v) is 4.00. The van der Waals surface area contributed by atoms with Crippen LogP contribution in [0.25, 0.3) is 0 Å². The first kappa shape index (κ1) is 16.9. The Hall–Kier alpha value is -1.14. The average molecular weight is 262 g/mol. The van der Waals surface area contributed by atoms with Gasteiger partial charge in [-0.25, -0.2) is 0 Å². The number of hydrogen-bond acceptors (Lipinski definition) is 6. The molecule has 0 aromatic heterocycles. The fourth-order valence-electron chi connectivity index (χ4n) is 1.22. The van der Waals surface area contributed by atoms with Gasteiger partial charge in [0.15, 0.2) is 5.92 Å². The average Bonchev–Trinajstić information content (AvgIpc) is 2.34. The molecule has 0 saturated heterocycles. The third-order valence-electron chi connectivity index (χ3n) is 2.53. The van der Waals surface area contributed by atoms with E-state index in [0.717, 1.165) is 0 Å². The van der Waals surface area contributed by atoms with Crippen molar-refractivity contribution in [2.45, 2.75) is 52.4 Å². The molecule has 0 bridgehead atoms. The third kappa shape index (κ3) is 5.97. The molecule has 0 aliphatic rings. The molecule has 0 spiro atoms. The molecule has 0 heterocycles. The largest absolute Gasteiger partial charge is 0.462 e. The summed E-state index contributed by atoms with van der Waals surface area (Å²) in [6.45, 7) is 4.82. The number of hydrogen-bond donors (Lipinski definition) is 2. The summed E-state index contributed by atoms with van der Waals surface area (Å²) in [6, 6.07) is 0. The molecule has 0 saturated carbocycles. The van der Waals surface area contributed by atoms with Crippen LogP contribution in [-0.2, 0) is 19.1 Å². The molecule has 0 aromatic carbocycles.